The summed E-state index contributed by atoms with van der Waals surface area (Å²) in [5, 5.41) is 26.2. The third-order valence-corrected chi connectivity index (χ3v) is 5.77. The molecule has 0 saturated heterocycles. The van der Waals surface area contributed by atoms with Gasteiger partial charge in [0, 0.05) is 11.3 Å². The van der Waals surface area contributed by atoms with Crippen molar-refractivity contribution in [3.05, 3.63) is 64.7 Å². The van der Waals surface area contributed by atoms with E-state index in [9.17, 15) is 23.2 Å². The molecule has 2 heterocycles. The number of fused-ring (bicyclic) bond motifs is 1. The number of carbonyl (C=O) groups is 1. The lowest BCUT2D eigenvalue weighted by molar-refractivity contribution is -0.137. The summed E-state index contributed by atoms with van der Waals surface area (Å²) < 4.78 is 50.2. The number of anilines is 4. The van der Waals surface area contributed by atoms with Crippen LogP contribution in [0.4, 0.5) is 36.2 Å². The zero-order valence-corrected chi connectivity index (χ0v) is 21.3. The number of hydrogen-bond acceptors (Lipinski definition) is 11. The third kappa shape index (κ3) is 6.15. The Morgan fingerprint density at radius 2 is 1.93 bits per heavy atom. The summed E-state index contributed by atoms with van der Waals surface area (Å²) in [5.74, 6) is -0.142. The molecule has 4 rings (SSSR count). The van der Waals surface area contributed by atoms with Gasteiger partial charge in [-0.25, -0.2) is 9.98 Å². The van der Waals surface area contributed by atoms with E-state index in [1.165, 1.54) is 18.2 Å². The number of alkyl halides is 3. The van der Waals surface area contributed by atoms with Crippen molar-refractivity contribution in [3.63, 3.8) is 0 Å². The highest BCUT2D eigenvalue weighted by Crippen LogP contribution is 2.42. The number of aromatic nitrogens is 1. The quantitative estimate of drug-likeness (QED) is 0.209. The normalized spacial score (nSPS) is 13.9. The Kier molecular flexibility index (Phi) is 8.00. The third-order valence-electron chi connectivity index (χ3n) is 5.77. The van der Waals surface area contributed by atoms with Gasteiger partial charge in [-0.1, -0.05) is 12.1 Å². The summed E-state index contributed by atoms with van der Waals surface area (Å²) in [6.45, 7) is 1.43. The van der Waals surface area contributed by atoms with Gasteiger partial charge in [0.1, 0.15) is 29.3 Å². The van der Waals surface area contributed by atoms with E-state index in [1.807, 2.05) is 6.07 Å². The molecule has 1 amide bonds. The minimum Gasteiger partial charge on any atom is -0.490 e. The number of aliphatic imine (C=N–C) groups is 1. The van der Waals surface area contributed by atoms with E-state index in [0.29, 0.717) is 11.1 Å². The van der Waals surface area contributed by atoms with Crippen LogP contribution < -0.4 is 36.9 Å². The van der Waals surface area contributed by atoms with Gasteiger partial charge < -0.3 is 31.6 Å². The molecular weight excluding hydrogens is 543 g/mol. The van der Waals surface area contributed by atoms with E-state index in [-0.39, 0.29) is 52.6 Å². The molecular formula is C26H22F3N9O3. The number of nitrogens with zero attached hydrogens (tertiary/aromatic N) is 4. The molecule has 1 unspecified atom stereocenters. The first kappa shape index (κ1) is 28.3. The van der Waals surface area contributed by atoms with E-state index in [2.05, 4.69) is 25.9 Å². The summed E-state index contributed by atoms with van der Waals surface area (Å²) >= 11 is 0. The molecule has 210 valence electrons. The number of pyridine rings is 1. The average molecular weight is 566 g/mol. The van der Waals surface area contributed by atoms with Gasteiger partial charge in [0.25, 0.3) is 5.91 Å². The number of guanidine groups is 1. The molecule has 0 fully saturated rings. The van der Waals surface area contributed by atoms with Crippen LogP contribution in [-0.2, 0) is 11.0 Å². The average Bonchev–Trinajstić information content (AvgIpc) is 2.92. The Balaban J connectivity index is 1.61. The largest absolute Gasteiger partial charge is 0.490 e. The molecule has 0 bridgehead atoms. The zero-order chi connectivity index (χ0) is 29.7. The van der Waals surface area contributed by atoms with Crippen LogP contribution in [0.15, 0.2) is 47.5 Å². The smallest absolute Gasteiger partial charge is 0.416 e. The Morgan fingerprint density at radius 1 is 1.15 bits per heavy atom. The molecule has 0 spiro atoms. The minimum absolute atomic E-state index is 0.0285. The van der Waals surface area contributed by atoms with Crippen molar-refractivity contribution in [2.75, 3.05) is 35.3 Å². The van der Waals surface area contributed by atoms with Gasteiger partial charge in [-0.2, -0.15) is 23.7 Å². The van der Waals surface area contributed by atoms with Gasteiger partial charge >= 0.3 is 6.18 Å². The standard InChI is InChI=1S/C26H22F3N9O3/c1-2-40-18-8-13(22-20-21(32)16(10-30)23(33)37-24(20)38-25(36-22)34-12-31)6-7-17(18)41-11-19(39)35-15-5-3-4-14(9-15)26(27,28)29/h3-9,22H,2,11H2,1H3,(H,35,39)(H6,32,33,34,36,37,38). The summed E-state index contributed by atoms with van der Waals surface area (Å²) in [6.07, 6.45) is -2.79. The molecule has 41 heavy (non-hydrogen) atoms. The second-order valence-electron chi connectivity index (χ2n) is 8.46. The molecule has 0 saturated carbocycles. The Hall–Kier alpha value is -5.70. The highest BCUT2D eigenvalue weighted by Gasteiger charge is 2.31. The van der Waals surface area contributed by atoms with Crippen molar-refractivity contribution < 1.29 is 27.4 Å². The minimum atomic E-state index is -4.56. The van der Waals surface area contributed by atoms with E-state index in [4.69, 9.17) is 26.2 Å². The molecule has 2 aromatic carbocycles. The Morgan fingerprint density at radius 3 is 2.61 bits per heavy atom. The lowest BCUT2D eigenvalue weighted by atomic mass is 9.95. The lowest BCUT2D eigenvalue weighted by Crippen LogP contribution is -2.32. The number of benzene rings is 2. The van der Waals surface area contributed by atoms with Gasteiger partial charge in [-0.15, -0.1) is 0 Å². The highest BCUT2D eigenvalue weighted by atomic mass is 19.4. The van der Waals surface area contributed by atoms with Gasteiger partial charge in [0.2, 0.25) is 5.96 Å². The highest BCUT2D eigenvalue weighted by molar-refractivity contribution is 5.98. The van der Waals surface area contributed by atoms with E-state index < -0.39 is 30.3 Å². The number of nitrogen functional groups attached to an aromatic ring is 2. The Labute approximate surface area is 231 Å². The van der Waals surface area contributed by atoms with E-state index in [0.717, 1.165) is 12.1 Å². The maximum atomic E-state index is 13.0. The molecule has 1 aliphatic rings. The number of nitrogens with one attached hydrogen (secondary N) is 3. The fraction of sp³-hybridized carbons (Fsp3) is 0.192. The SMILES string of the molecule is CCOc1cc(C2N=C(NC#N)Nc3nc(N)c(C#N)c(N)c32)ccc1OCC(=O)Nc1cccc(C(F)(F)F)c1. The number of amides is 1. The van der Waals surface area contributed by atoms with Gasteiger partial charge in [0.05, 0.1) is 17.9 Å². The first-order valence-electron chi connectivity index (χ1n) is 11.9. The first-order chi connectivity index (χ1) is 19.5. The van der Waals surface area contributed by atoms with Crippen LogP contribution in [0, 0.1) is 22.8 Å². The molecule has 1 atom stereocenters. The summed E-state index contributed by atoms with van der Waals surface area (Å²) in [7, 11) is 0. The zero-order valence-electron chi connectivity index (χ0n) is 21.3. The van der Waals surface area contributed by atoms with Crippen molar-refractivity contribution in [2.45, 2.75) is 19.1 Å². The van der Waals surface area contributed by atoms with Gasteiger partial charge in [-0.3, -0.25) is 10.1 Å². The van der Waals surface area contributed by atoms with Crippen molar-refractivity contribution in [1.29, 1.82) is 10.5 Å². The molecule has 0 aliphatic carbocycles. The first-order valence-corrected chi connectivity index (χ1v) is 11.9. The second kappa shape index (κ2) is 11.6. The van der Waals surface area contributed by atoms with Crippen LogP contribution in [0.5, 0.6) is 11.5 Å². The number of carbonyl (C=O) groups excluding carboxylic acids is 1. The molecule has 15 heteroatoms. The van der Waals surface area contributed by atoms with Crippen LogP contribution in [0.25, 0.3) is 0 Å². The maximum absolute atomic E-state index is 13.0. The van der Waals surface area contributed by atoms with Crippen molar-refractivity contribution >= 4 is 34.9 Å². The van der Waals surface area contributed by atoms with Crippen molar-refractivity contribution in [3.8, 4) is 23.8 Å². The molecule has 1 aliphatic heterocycles. The fourth-order valence-corrected chi connectivity index (χ4v) is 4.02. The summed E-state index contributed by atoms with van der Waals surface area (Å²) in [4.78, 5) is 21.1. The molecule has 12 nitrogen and oxygen atoms in total. The Bertz CT molecular complexity index is 1610. The number of hydrogen-bond donors (Lipinski definition) is 5. The monoisotopic (exact) mass is 565 g/mol. The second-order valence-corrected chi connectivity index (χ2v) is 8.46. The van der Waals surface area contributed by atoms with Crippen molar-refractivity contribution in [1.82, 2.24) is 10.3 Å². The summed E-state index contributed by atoms with van der Waals surface area (Å²) in [5.41, 5.74) is 12.1. The number of nitriles is 2. The lowest BCUT2D eigenvalue weighted by Gasteiger charge is -2.26. The fourth-order valence-electron chi connectivity index (χ4n) is 4.02. The van der Waals surface area contributed by atoms with Crippen LogP contribution in [-0.4, -0.2) is 30.1 Å². The van der Waals surface area contributed by atoms with Crippen LogP contribution in [0.1, 0.15) is 35.2 Å². The predicted molar refractivity (Wildman–Crippen MR) is 143 cm³/mol. The van der Waals surface area contributed by atoms with E-state index in [1.54, 1.807) is 25.2 Å². The molecule has 3 aromatic rings. The topological polar surface area (TPSA) is 196 Å². The summed E-state index contributed by atoms with van der Waals surface area (Å²) in [6, 6.07) is 10.00. The molecule has 1 aromatic heterocycles. The number of rotatable bonds is 7. The van der Waals surface area contributed by atoms with Gasteiger partial charge in [-0.05, 0) is 42.8 Å². The predicted octanol–water partition coefficient (Wildman–Crippen LogP) is 3.49. The number of nitrogens with two attached hydrogens (primary N) is 2. The van der Waals surface area contributed by atoms with Crippen molar-refractivity contribution in [2.24, 2.45) is 4.99 Å². The molecule has 0 radical (unpaired) electrons. The molecule has 7 N–H and O–H groups in total. The van der Waals surface area contributed by atoms with Gasteiger partial charge in [0.15, 0.2) is 24.3 Å². The van der Waals surface area contributed by atoms with E-state index >= 15 is 0 Å². The van der Waals surface area contributed by atoms with Crippen LogP contribution in [0.2, 0.25) is 0 Å². The van der Waals surface area contributed by atoms with Crippen LogP contribution >= 0.6 is 0 Å². The number of ether oxygens (including phenoxy) is 2. The van der Waals surface area contributed by atoms with Crippen LogP contribution in [0.3, 0.4) is 0 Å². The maximum Gasteiger partial charge on any atom is 0.416 e. The number of halogens is 3.